The fraction of sp³-hybridized carbons (Fsp3) is 0.235. The maximum atomic E-state index is 12.4. The van der Waals surface area contributed by atoms with E-state index in [2.05, 4.69) is 17.4 Å². The molecular weight excluding hydrogens is 248 g/mol. The molecule has 1 saturated carbocycles. The summed E-state index contributed by atoms with van der Waals surface area (Å²) >= 11 is 0. The SMILES string of the molecule is CN(C(=O)NC1(c2ccccc2)CC1)c1ccccc1. The molecule has 1 fully saturated rings. The van der Waals surface area contributed by atoms with Crippen molar-refractivity contribution >= 4 is 11.7 Å². The van der Waals surface area contributed by atoms with Gasteiger partial charge in [0, 0.05) is 12.7 Å². The predicted octanol–water partition coefficient (Wildman–Crippen LogP) is 3.52. The molecule has 2 amide bonds. The van der Waals surface area contributed by atoms with Gasteiger partial charge in [-0.15, -0.1) is 0 Å². The number of nitrogens with one attached hydrogen (secondary N) is 1. The van der Waals surface area contributed by atoms with Gasteiger partial charge in [-0.1, -0.05) is 48.5 Å². The van der Waals surface area contributed by atoms with E-state index in [0.29, 0.717) is 0 Å². The van der Waals surface area contributed by atoms with E-state index < -0.39 is 0 Å². The molecule has 1 N–H and O–H groups in total. The number of nitrogens with zero attached hydrogens (tertiary/aromatic N) is 1. The minimum atomic E-state index is -0.165. The Balaban J connectivity index is 1.74. The van der Waals surface area contributed by atoms with Crippen molar-refractivity contribution in [1.82, 2.24) is 5.32 Å². The van der Waals surface area contributed by atoms with Crippen molar-refractivity contribution in [1.29, 1.82) is 0 Å². The second-order valence-corrected chi connectivity index (χ2v) is 5.27. The lowest BCUT2D eigenvalue weighted by molar-refractivity contribution is 0.242. The maximum absolute atomic E-state index is 12.4. The summed E-state index contributed by atoms with van der Waals surface area (Å²) in [4.78, 5) is 14.0. The molecule has 3 heteroatoms. The van der Waals surface area contributed by atoms with Gasteiger partial charge in [-0.05, 0) is 30.5 Å². The predicted molar refractivity (Wildman–Crippen MR) is 80.7 cm³/mol. The minimum Gasteiger partial charge on any atom is -0.328 e. The highest BCUT2D eigenvalue weighted by atomic mass is 16.2. The molecule has 2 aromatic carbocycles. The lowest BCUT2D eigenvalue weighted by Crippen LogP contribution is -2.43. The van der Waals surface area contributed by atoms with Gasteiger partial charge in [-0.2, -0.15) is 0 Å². The molecule has 0 unspecified atom stereocenters. The number of hydrogen-bond acceptors (Lipinski definition) is 1. The number of rotatable bonds is 3. The second-order valence-electron chi connectivity index (χ2n) is 5.27. The van der Waals surface area contributed by atoms with Crippen LogP contribution in [0.1, 0.15) is 18.4 Å². The summed E-state index contributed by atoms with van der Waals surface area (Å²) in [6.45, 7) is 0. The van der Waals surface area contributed by atoms with Crippen LogP contribution in [0.4, 0.5) is 10.5 Å². The van der Waals surface area contributed by atoms with Crippen molar-refractivity contribution < 1.29 is 4.79 Å². The largest absolute Gasteiger partial charge is 0.328 e. The first-order valence-corrected chi connectivity index (χ1v) is 6.88. The van der Waals surface area contributed by atoms with Crippen molar-refractivity contribution in [3.05, 3.63) is 66.2 Å². The average molecular weight is 266 g/mol. The highest BCUT2D eigenvalue weighted by molar-refractivity contribution is 5.92. The molecule has 0 radical (unpaired) electrons. The summed E-state index contributed by atoms with van der Waals surface area (Å²) in [5, 5.41) is 3.17. The van der Waals surface area contributed by atoms with Crippen molar-refractivity contribution in [3.63, 3.8) is 0 Å². The summed E-state index contributed by atoms with van der Waals surface area (Å²) in [7, 11) is 1.80. The van der Waals surface area contributed by atoms with Crippen LogP contribution in [0.25, 0.3) is 0 Å². The van der Waals surface area contributed by atoms with Gasteiger partial charge in [0.2, 0.25) is 0 Å². The van der Waals surface area contributed by atoms with Gasteiger partial charge in [0.1, 0.15) is 0 Å². The van der Waals surface area contributed by atoms with E-state index in [1.165, 1.54) is 5.56 Å². The van der Waals surface area contributed by atoms with Gasteiger partial charge in [0.25, 0.3) is 0 Å². The quantitative estimate of drug-likeness (QED) is 0.905. The Morgan fingerprint density at radius 2 is 1.55 bits per heavy atom. The van der Waals surface area contributed by atoms with Crippen molar-refractivity contribution in [2.75, 3.05) is 11.9 Å². The number of anilines is 1. The summed E-state index contributed by atoms with van der Waals surface area (Å²) in [5.41, 5.74) is 1.92. The Labute approximate surface area is 119 Å². The molecule has 102 valence electrons. The molecular formula is C17H18N2O. The number of para-hydroxylation sites is 1. The van der Waals surface area contributed by atoms with Gasteiger partial charge in [-0.25, -0.2) is 4.79 Å². The van der Waals surface area contributed by atoms with Crippen LogP contribution in [0, 0.1) is 0 Å². The molecule has 2 aromatic rings. The Morgan fingerprint density at radius 3 is 2.10 bits per heavy atom. The molecule has 0 bridgehead atoms. The monoisotopic (exact) mass is 266 g/mol. The highest BCUT2D eigenvalue weighted by Crippen LogP contribution is 2.45. The normalized spacial score (nSPS) is 15.4. The van der Waals surface area contributed by atoms with Crippen LogP contribution in [0.5, 0.6) is 0 Å². The smallest absolute Gasteiger partial charge is 0.322 e. The molecule has 1 aliphatic rings. The van der Waals surface area contributed by atoms with E-state index >= 15 is 0 Å². The van der Waals surface area contributed by atoms with Gasteiger partial charge >= 0.3 is 6.03 Å². The van der Waals surface area contributed by atoms with Crippen molar-refractivity contribution in [2.45, 2.75) is 18.4 Å². The van der Waals surface area contributed by atoms with E-state index in [1.807, 2.05) is 48.5 Å². The summed E-state index contributed by atoms with van der Waals surface area (Å²) < 4.78 is 0. The van der Waals surface area contributed by atoms with E-state index in [-0.39, 0.29) is 11.6 Å². The molecule has 1 aliphatic carbocycles. The topological polar surface area (TPSA) is 32.3 Å². The summed E-state index contributed by atoms with van der Waals surface area (Å²) in [6.07, 6.45) is 2.01. The average Bonchev–Trinajstić information content (AvgIpc) is 3.29. The van der Waals surface area contributed by atoms with Crippen LogP contribution in [0.15, 0.2) is 60.7 Å². The van der Waals surface area contributed by atoms with Crippen molar-refractivity contribution in [3.8, 4) is 0 Å². The fourth-order valence-electron chi connectivity index (χ4n) is 2.43. The molecule has 3 rings (SSSR count). The standard InChI is InChI=1S/C17H18N2O/c1-19(15-10-6-3-7-11-15)16(20)18-17(12-13-17)14-8-4-2-5-9-14/h2-11H,12-13H2,1H3,(H,18,20). The molecule has 0 spiro atoms. The number of amides is 2. The van der Waals surface area contributed by atoms with E-state index in [0.717, 1.165) is 18.5 Å². The van der Waals surface area contributed by atoms with E-state index in [1.54, 1.807) is 11.9 Å². The zero-order valence-electron chi connectivity index (χ0n) is 11.5. The van der Waals surface area contributed by atoms with Gasteiger partial charge in [-0.3, -0.25) is 4.90 Å². The molecule has 0 atom stereocenters. The fourth-order valence-corrected chi connectivity index (χ4v) is 2.43. The molecule has 0 heterocycles. The van der Waals surface area contributed by atoms with Crippen LogP contribution in [-0.2, 0) is 5.54 Å². The van der Waals surface area contributed by atoms with Crippen LogP contribution in [-0.4, -0.2) is 13.1 Å². The first-order chi connectivity index (χ1) is 9.71. The summed E-state index contributed by atoms with van der Waals surface area (Å²) in [6, 6.07) is 19.8. The van der Waals surface area contributed by atoms with E-state index in [4.69, 9.17) is 0 Å². The zero-order valence-corrected chi connectivity index (χ0v) is 11.5. The summed E-state index contributed by atoms with van der Waals surface area (Å²) in [5.74, 6) is 0. The first kappa shape index (κ1) is 12.7. The zero-order chi connectivity index (χ0) is 14.0. The lowest BCUT2D eigenvalue weighted by Gasteiger charge is -2.23. The van der Waals surface area contributed by atoms with Crippen molar-refractivity contribution in [2.24, 2.45) is 0 Å². The Morgan fingerprint density at radius 1 is 1.00 bits per heavy atom. The number of carbonyl (C=O) groups excluding carboxylic acids is 1. The van der Waals surface area contributed by atoms with Crippen LogP contribution < -0.4 is 10.2 Å². The van der Waals surface area contributed by atoms with Gasteiger partial charge in [0.15, 0.2) is 0 Å². The van der Waals surface area contributed by atoms with Gasteiger partial charge < -0.3 is 5.32 Å². The Hall–Kier alpha value is -2.29. The Bertz CT molecular complexity index is 591. The van der Waals surface area contributed by atoms with Crippen LogP contribution in [0.2, 0.25) is 0 Å². The maximum Gasteiger partial charge on any atom is 0.322 e. The third kappa shape index (κ3) is 2.39. The molecule has 3 nitrogen and oxygen atoms in total. The second kappa shape index (κ2) is 5.00. The van der Waals surface area contributed by atoms with Crippen LogP contribution in [0.3, 0.4) is 0 Å². The number of hydrogen-bond donors (Lipinski definition) is 1. The first-order valence-electron chi connectivity index (χ1n) is 6.88. The highest BCUT2D eigenvalue weighted by Gasteiger charge is 2.46. The lowest BCUT2D eigenvalue weighted by atomic mass is 10.1. The number of carbonyl (C=O) groups is 1. The third-order valence-corrected chi connectivity index (χ3v) is 3.87. The van der Waals surface area contributed by atoms with Gasteiger partial charge in [0.05, 0.1) is 5.54 Å². The van der Waals surface area contributed by atoms with Crippen LogP contribution >= 0.6 is 0 Å². The molecule has 0 aromatic heterocycles. The molecule has 0 aliphatic heterocycles. The van der Waals surface area contributed by atoms with E-state index in [9.17, 15) is 4.79 Å². The molecule has 20 heavy (non-hydrogen) atoms. The number of benzene rings is 2. The Kier molecular flexibility index (Phi) is 3.18. The molecule has 0 saturated heterocycles. The third-order valence-electron chi connectivity index (χ3n) is 3.87. The minimum absolute atomic E-state index is 0.0578. The number of urea groups is 1.